The van der Waals surface area contributed by atoms with Crippen molar-refractivity contribution in [3.05, 3.63) is 29.3 Å². The average Bonchev–Trinajstić information content (AvgIpc) is 2.58. The van der Waals surface area contributed by atoms with Gasteiger partial charge in [0, 0.05) is 18.7 Å². The van der Waals surface area contributed by atoms with Crippen LogP contribution in [0.3, 0.4) is 0 Å². The lowest BCUT2D eigenvalue weighted by Gasteiger charge is -2.29. The summed E-state index contributed by atoms with van der Waals surface area (Å²) in [5.74, 6) is -2.68. The van der Waals surface area contributed by atoms with Gasteiger partial charge in [-0.05, 0) is 62.9 Å². The third kappa shape index (κ3) is 8.11. The van der Waals surface area contributed by atoms with E-state index in [-0.39, 0.29) is 5.91 Å². The summed E-state index contributed by atoms with van der Waals surface area (Å²) in [7, 11) is 0. The van der Waals surface area contributed by atoms with Crippen LogP contribution in [-0.2, 0) is 14.4 Å². The molecule has 0 bridgehead atoms. The van der Waals surface area contributed by atoms with Crippen LogP contribution in [0.15, 0.2) is 18.2 Å². The number of aliphatic carboxylic acids is 2. The first-order valence-electron chi connectivity index (χ1n) is 8.74. The molecular weight excluding hydrogens is 336 g/mol. The summed E-state index contributed by atoms with van der Waals surface area (Å²) in [4.78, 5) is 32.6. The van der Waals surface area contributed by atoms with Gasteiger partial charge >= 0.3 is 11.9 Å². The van der Waals surface area contributed by atoms with Crippen molar-refractivity contribution in [2.45, 2.75) is 40.0 Å². The number of nitrogens with one attached hydrogen (secondary N) is 1. The maximum Gasteiger partial charge on any atom is 0.414 e. The second-order valence-corrected chi connectivity index (χ2v) is 6.75. The van der Waals surface area contributed by atoms with Gasteiger partial charge in [-0.2, -0.15) is 0 Å². The van der Waals surface area contributed by atoms with E-state index in [9.17, 15) is 4.79 Å². The zero-order valence-electron chi connectivity index (χ0n) is 15.6. The minimum Gasteiger partial charge on any atom is -0.473 e. The summed E-state index contributed by atoms with van der Waals surface area (Å²) in [6.07, 6.45) is 3.11. The number of nitrogens with zero attached hydrogens (tertiary/aromatic N) is 1. The number of likely N-dealkylation sites (tertiary alicyclic amines) is 1. The molecule has 7 nitrogen and oxygen atoms in total. The lowest BCUT2D eigenvalue weighted by Crippen LogP contribution is -2.35. The highest BCUT2D eigenvalue weighted by atomic mass is 16.4. The SMILES string of the molecule is Cc1ccc(C)c(NC(=O)CCN2CCC(C)CC2)c1.O=C(O)C(=O)O. The van der Waals surface area contributed by atoms with Crippen LogP contribution >= 0.6 is 0 Å². The topological polar surface area (TPSA) is 107 Å². The monoisotopic (exact) mass is 364 g/mol. The molecule has 0 radical (unpaired) electrons. The van der Waals surface area contributed by atoms with E-state index in [2.05, 4.69) is 29.3 Å². The molecular formula is C19H28N2O5. The molecule has 1 aliphatic heterocycles. The average molecular weight is 364 g/mol. The molecule has 26 heavy (non-hydrogen) atoms. The van der Waals surface area contributed by atoms with E-state index in [1.807, 2.05) is 19.9 Å². The number of hydrogen-bond acceptors (Lipinski definition) is 4. The number of benzene rings is 1. The van der Waals surface area contributed by atoms with Crippen LogP contribution in [0.25, 0.3) is 0 Å². The van der Waals surface area contributed by atoms with Crippen LogP contribution in [0.4, 0.5) is 5.69 Å². The molecule has 0 aromatic heterocycles. The summed E-state index contributed by atoms with van der Waals surface area (Å²) < 4.78 is 0. The molecule has 1 heterocycles. The summed E-state index contributed by atoms with van der Waals surface area (Å²) in [5.41, 5.74) is 3.24. The van der Waals surface area contributed by atoms with Gasteiger partial charge in [-0.3, -0.25) is 4.79 Å². The largest absolute Gasteiger partial charge is 0.473 e. The molecule has 7 heteroatoms. The standard InChI is InChI=1S/C17H26N2O.C2H2O4/c1-13-6-9-19(10-7-13)11-8-17(20)18-16-12-14(2)4-5-15(16)3;3-1(4)2(5)6/h4-5,12-13H,6-11H2,1-3H3,(H,18,20);(H,3,4)(H,5,6). The van der Waals surface area contributed by atoms with E-state index in [1.165, 1.54) is 18.4 Å². The fourth-order valence-electron chi connectivity index (χ4n) is 2.63. The molecule has 1 aliphatic rings. The smallest absolute Gasteiger partial charge is 0.414 e. The van der Waals surface area contributed by atoms with Crippen molar-refractivity contribution in [3.63, 3.8) is 0 Å². The van der Waals surface area contributed by atoms with Crippen LogP contribution in [0.1, 0.15) is 37.3 Å². The minimum atomic E-state index is -1.82. The first-order valence-corrected chi connectivity index (χ1v) is 8.74. The Labute approximate surface area is 154 Å². The normalized spacial score (nSPS) is 14.9. The van der Waals surface area contributed by atoms with Crippen LogP contribution in [-0.4, -0.2) is 52.6 Å². The van der Waals surface area contributed by atoms with Gasteiger partial charge < -0.3 is 20.4 Å². The summed E-state index contributed by atoms with van der Waals surface area (Å²) >= 11 is 0. The maximum atomic E-state index is 12.0. The van der Waals surface area contributed by atoms with Gasteiger partial charge in [-0.15, -0.1) is 0 Å². The second kappa shape index (κ2) is 10.6. The van der Waals surface area contributed by atoms with Crippen LogP contribution in [0.5, 0.6) is 0 Å². The highest BCUT2D eigenvalue weighted by Crippen LogP contribution is 2.18. The highest BCUT2D eigenvalue weighted by molar-refractivity contribution is 6.27. The molecule has 0 unspecified atom stereocenters. The zero-order valence-corrected chi connectivity index (χ0v) is 15.6. The Bertz CT molecular complexity index is 625. The third-order valence-electron chi connectivity index (χ3n) is 4.38. The van der Waals surface area contributed by atoms with Crippen molar-refractivity contribution in [2.75, 3.05) is 25.0 Å². The van der Waals surface area contributed by atoms with Crippen molar-refractivity contribution < 1.29 is 24.6 Å². The van der Waals surface area contributed by atoms with Crippen molar-refractivity contribution in [2.24, 2.45) is 5.92 Å². The van der Waals surface area contributed by atoms with Crippen molar-refractivity contribution in [3.8, 4) is 0 Å². The minimum absolute atomic E-state index is 0.123. The molecule has 3 N–H and O–H groups in total. The fraction of sp³-hybridized carbons (Fsp3) is 0.526. The molecule has 1 aromatic carbocycles. The molecule has 0 atom stereocenters. The van der Waals surface area contributed by atoms with Gasteiger partial charge in [0.05, 0.1) is 0 Å². The maximum absolute atomic E-state index is 12.0. The Morgan fingerprint density at radius 2 is 1.69 bits per heavy atom. The van der Waals surface area contributed by atoms with Gasteiger partial charge in [0.1, 0.15) is 0 Å². The molecule has 0 aliphatic carbocycles. The van der Waals surface area contributed by atoms with E-state index in [4.69, 9.17) is 19.8 Å². The number of carbonyl (C=O) groups is 3. The number of anilines is 1. The number of hydrogen-bond donors (Lipinski definition) is 3. The quantitative estimate of drug-likeness (QED) is 0.709. The lowest BCUT2D eigenvalue weighted by molar-refractivity contribution is -0.159. The molecule has 1 amide bonds. The molecule has 1 fully saturated rings. The molecule has 1 aromatic rings. The fourth-order valence-corrected chi connectivity index (χ4v) is 2.63. The lowest BCUT2D eigenvalue weighted by atomic mass is 9.99. The van der Waals surface area contributed by atoms with Gasteiger partial charge in [0.2, 0.25) is 5.91 Å². The van der Waals surface area contributed by atoms with Crippen LogP contribution in [0, 0.1) is 19.8 Å². The summed E-state index contributed by atoms with van der Waals surface area (Å²) in [6, 6.07) is 6.16. The Morgan fingerprint density at radius 1 is 1.12 bits per heavy atom. The second-order valence-electron chi connectivity index (χ2n) is 6.75. The van der Waals surface area contributed by atoms with Crippen LogP contribution in [0.2, 0.25) is 0 Å². The first kappa shape index (κ1) is 21.6. The molecule has 144 valence electrons. The Kier molecular flexibility index (Phi) is 8.78. The summed E-state index contributed by atoms with van der Waals surface area (Å²) in [5, 5.41) is 17.8. The predicted octanol–water partition coefficient (Wildman–Crippen LogP) is 2.52. The number of rotatable bonds is 4. The van der Waals surface area contributed by atoms with Gasteiger partial charge in [-0.1, -0.05) is 19.1 Å². The Morgan fingerprint density at radius 3 is 2.23 bits per heavy atom. The number of carboxylic acids is 2. The van der Waals surface area contributed by atoms with E-state index >= 15 is 0 Å². The van der Waals surface area contributed by atoms with E-state index in [0.29, 0.717) is 6.42 Å². The zero-order chi connectivity index (χ0) is 19.7. The number of amides is 1. The van der Waals surface area contributed by atoms with Gasteiger partial charge in [0.15, 0.2) is 0 Å². The predicted molar refractivity (Wildman–Crippen MR) is 99.3 cm³/mol. The number of piperidine rings is 1. The van der Waals surface area contributed by atoms with Gasteiger partial charge in [0.25, 0.3) is 0 Å². The molecule has 0 spiro atoms. The first-order chi connectivity index (χ1) is 12.2. The van der Waals surface area contributed by atoms with E-state index in [0.717, 1.165) is 36.8 Å². The molecule has 1 saturated heterocycles. The molecule has 0 saturated carbocycles. The number of carbonyl (C=O) groups excluding carboxylic acids is 1. The van der Waals surface area contributed by atoms with Crippen molar-refractivity contribution in [1.29, 1.82) is 0 Å². The molecule has 2 rings (SSSR count). The van der Waals surface area contributed by atoms with Gasteiger partial charge in [-0.25, -0.2) is 9.59 Å². The van der Waals surface area contributed by atoms with E-state index < -0.39 is 11.9 Å². The van der Waals surface area contributed by atoms with E-state index in [1.54, 1.807) is 0 Å². The van der Waals surface area contributed by atoms with Crippen molar-refractivity contribution in [1.82, 2.24) is 4.90 Å². The highest BCUT2D eigenvalue weighted by Gasteiger charge is 2.16. The number of carboxylic acid groups (broad SMARTS) is 2. The van der Waals surface area contributed by atoms with Crippen LogP contribution < -0.4 is 5.32 Å². The Hall–Kier alpha value is -2.41. The third-order valence-corrected chi connectivity index (χ3v) is 4.38. The van der Waals surface area contributed by atoms with Crippen molar-refractivity contribution >= 4 is 23.5 Å². The number of aryl methyl sites for hydroxylation is 2. The summed E-state index contributed by atoms with van der Waals surface area (Å²) in [6.45, 7) is 9.54. The Balaban J connectivity index is 0.000000487.